The van der Waals surface area contributed by atoms with E-state index in [4.69, 9.17) is 4.74 Å². The molecule has 1 heterocycles. The van der Waals surface area contributed by atoms with Gasteiger partial charge in [-0.25, -0.2) is 4.79 Å². The summed E-state index contributed by atoms with van der Waals surface area (Å²) in [6, 6.07) is 10.4. The fourth-order valence-electron chi connectivity index (χ4n) is 3.01. The highest BCUT2D eigenvalue weighted by atomic mass is 16.6. The van der Waals surface area contributed by atoms with Crippen molar-refractivity contribution < 1.29 is 14.6 Å². The molecule has 24 heavy (non-hydrogen) atoms. The van der Waals surface area contributed by atoms with Gasteiger partial charge in [0, 0.05) is 13.1 Å². The maximum atomic E-state index is 11.6. The normalized spacial score (nSPS) is 18.2. The van der Waals surface area contributed by atoms with Gasteiger partial charge in [-0.3, -0.25) is 4.90 Å². The molecule has 5 nitrogen and oxygen atoms in total. The number of nitrogens with one attached hydrogen (secondary N) is 1. The van der Waals surface area contributed by atoms with E-state index in [9.17, 15) is 9.90 Å². The molecule has 0 aromatic heterocycles. The molecular weight excluding hydrogens is 304 g/mol. The first-order valence-electron chi connectivity index (χ1n) is 8.75. The van der Waals surface area contributed by atoms with E-state index >= 15 is 0 Å². The summed E-state index contributed by atoms with van der Waals surface area (Å²) in [5.74, 6) is 0.229. The number of carbonyl (C=O) groups excluding carboxylic acids is 1. The number of hydrogen-bond acceptors (Lipinski definition) is 4. The van der Waals surface area contributed by atoms with E-state index in [0.29, 0.717) is 0 Å². The number of ether oxygens (including phenoxy) is 1. The number of rotatable bonds is 5. The highest BCUT2D eigenvalue weighted by molar-refractivity contribution is 5.67. The van der Waals surface area contributed by atoms with Crippen molar-refractivity contribution in [2.24, 2.45) is 5.92 Å². The molecule has 0 saturated carbocycles. The zero-order chi connectivity index (χ0) is 17.6. The predicted molar refractivity (Wildman–Crippen MR) is 94.7 cm³/mol. The van der Waals surface area contributed by atoms with E-state index in [2.05, 4.69) is 34.5 Å². The lowest BCUT2D eigenvalue weighted by Crippen LogP contribution is -2.43. The molecule has 0 aliphatic carbocycles. The molecule has 1 atom stereocenters. The Hall–Kier alpha value is -1.59. The van der Waals surface area contributed by atoms with Crippen molar-refractivity contribution in [1.82, 2.24) is 10.2 Å². The van der Waals surface area contributed by atoms with Crippen LogP contribution < -0.4 is 5.32 Å². The Labute approximate surface area is 145 Å². The lowest BCUT2D eigenvalue weighted by molar-refractivity contribution is 0.0366. The van der Waals surface area contributed by atoms with Crippen LogP contribution in [0.4, 0.5) is 4.79 Å². The Balaban J connectivity index is 1.69. The Morgan fingerprint density at radius 2 is 1.92 bits per heavy atom. The zero-order valence-corrected chi connectivity index (χ0v) is 15.0. The number of hydrogen-bond donors (Lipinski definition) is 2. The fourth-order valence-corrected chi connectivity index (χ4v) is 3.01. The van der Waals surface area contributed by atoms with Gasteiger partial charge in [0.2, 0.25) is 0 Å². The van der Waals surface area contributed by atoms with E-state index in [1.807, 2.05) is 26.8 Å². The molecule has 1 saturated heterocycles. The fraction of sp³-hybridized carbons (Fsp3) is 0.632. The molecule has 1 unspecified atom stereocenters. The van der Waals surface area contributed by atoms with Crippen molar-refractivity contribution in [3.05, 3.63) is 35.9 Å². The first-order chi connectivity index (χ1) is 11.3. The quantitative estimate of drug-likeness (QED) is 0.869. The summed E-state index contributed by atoms with van der Waals surface area (Å²) in [4.78, 5) is 14.1. The Morgan fingerprint density at radius 3 is 2.50 bits per heavy atom. The number of nitrogens with zero attached hydrogens (tertiary/aromatic N) is 1. The topological polar surface area (TPSA) is 61.8 Å². The second-order valence-electron chi connectivity index (χ2n) is 7.55. The maximum absolute atomic E-state index is 11.6. The summed E-state index contributed by atoms with van der Waals surface area (Å²) < 4.78 is 5.19. The molecule has 1 amide bonds. The second kappa shape index (κ2) is 8.49. The number of alkyl carbamates (subject to hydrolysis) is 1. The van der Waals surface area contributed by atoms with Gasteiger partial charge < -0.3 is 15.2 Å². The molecule has 1 aromatic carbocycles. The monoisotopic (exact) mass is 334 g/mol. The van der Waals surface area contributed by atoms with Gasteiger partial charge in [0.1, 0.15) is 5.60 Å². The van der Waals surface area contributed by atoms with Crippen LogP contribution in [0, 0.1) is 5.92 Å². The van der Waals surface area contributed by atoms with E-state index < -0.39 is 17.8 Å². The van der Waals surface area contributed by atoms with Gasteiger partial charge in [0.15, 0.2) is 0 Å². The summed E-state index contributed by atoms with van der Waals surface area (Å²) in [5.41, 5.74) is 0.806. The third-order valence-electron chi connectivity index (χ3n) is 4.28. The van der Waals surface area contributed by atoms with Crippen LogP contribution in [0.5, 0.6) is 0 Å². The zero-order valence-electron chi connectivity index (χ0n) is 15.0. The van der Waals surface area contributed by atoms with Crippen LogP contribution in [0.25, 0.3) is 0 Å². The van der Waals surface area contributed by atoms with Crippen molar-refractivity contribution in [2.45, 2.75) is 51.9 Å². The third-order valence-corrected chi connectivity index (χ3v) is 4.28. The van der Waals surface area contributed by atoms with Gasteiger partial charge >= 0.3 is 6.09 Å². The first-order valence-corrected chi connectivity index (χ1v) is 8.75. The van der Waals surface area contributed by atoms with Crippen LogP contribution >= 0.6 is 0 Å². The van der Waals surface area contributed by atoms with Crippen molar-refractivity contribution >= 4 is 6.09 Å². The standard InChI is InChI=1S/C19H30N2O3/c1-19(2,3)24-18(23)20-13-17(22)16-9-11-21(12-10-16)14-15-7-5-4-6-8-15/h4-8,16-17,22H,9-14H2,1-3H3,(H,20,23). The number of likely N-dealkylation sites (tertiary alicyclic amines) is 1. The molecule has 134 valence electrons. The third kappa shape index (κ3) is 6.49. The highest BCUT2D eigenvalue weighted by Crippen LogP contribution is 2.22. The van der Waals surface area contributed by atoms with Crippen molar-refractivity contribution in [1.29, 1.82) is 0 Å². The molecule has 0 spiro atoms. The summed E-state index contributed by atoms with van der Waals surface area (Å²) >= 11 is 0. The maximum Gasteiger partial charge on any atom is 0.407 e. The summed E-state index contributed by atoms with van der Waals surface area (Å²) in [6.45, 7) is 8.63. The molecule has 0 bridgehead atoms. The van der Waals surface area contributed by atoms with Gasteiger partial charge in [0.25, 0.3) is 0 Å². The lowest BCUT2D eigenvalue weighted by atomic mass is 9.91. The van der Waals surface area contributed by atoms with Gasteiger partial charge in [-0.2, -0.15) is 0 Å². The predicted octanol–water partition coefficient (Wildman–Crippen LogP) is 2.78. The van der Waals surface area contributed by atoms with Crippen LogP contribution in [0.2, 0.25) is 0 Å². The molecular formula is C19H30N2O3. The minimum absolute atomic E-state index is 0.229. The second-order valence-corrected chi connectivity index (χ2v) is 7.55. The Morgan fingerprint density at radius 1 is 1.29 bits per heavy atom. The molecule has 1 aromatic rings. The number of amides is 1. The molecule has 2 N–H and O–H groups in total. The molecule has 1 aliphatic rings. The summed E-state index contributed by atoms with van der Waals surface area (Å²) in [5, 5.41) is 13.0. The number of benzene rings is 1. The van der Waals surface area contributed by atoms with Crippen LogP contribution in [0.1, 0.15) is 39.2 Å². The SMILES string of the molecule is CC(C)(C)OC(=O)NCC(O)C1CCN(Cc2ccccc2)CC1. The average molecular weight is 334 g/mol. The van der Waals surface area contributed by atoms with Gasteiger partial charge in [-0.05, 0) is 58.2 Å². The molecule has 1 fully saturated rings. The largest absolute Gasteiger partial charge is 0.444 e. The van der Waals surface area contributed by atoms with Gasteiger partial charge in [0.05, 0.1) is 6.10 Å². The molecule has 1 aliphatic heterocycles. The van der Waals surface area contributed by atoms with Gasteiger partial charge in [-0.15, -0.1) is 0 Å². The minimum atomic E-state index is -0.517. The van der Waals surface area contributed by atoms with Crippen molar-refractivity contribution in [3.63, 3.8) is 0 Å². The summed E-state index contributed by atoms with van der Waals surface area (Å²) in [7, 11) is 0. The number of carbonyl (C=O) groups is 1. The number of aliphatic hydroxyl groups is 1. The van der Waals surface area contributed by atoms with Crippen LogP contribution in [-0.2, 0) is 11.3 Å². The van der Waals surface area contributed by atoms with Crippen LogP contribution in [-0.4, -0.2) is 47.4 Å². The minimum Gasteiger partial charge on any atom is -0.444 e. The van der Waals surface area contributed by atoms with Crippen molar-refractivity contribution in [2.75, 3.05) is 19.6 Å². The smallest absolute Gasteiger partial charge is 0.407 e. The van der Waals surface area contributed by atoms with E-state index in [1.165, 1.54) is 5.56 Å². The average Bonchev–Trinajstić information content (AvgIpc) is 2.53. The van der Waals surface area contributed by atoms with Crippen LogP contribution in [0.15, 0.2) is 30.3 Å². The lowest BCUT2D eigenvalue weighted by Gasteiger charge is -2.34. The number of piperidine rings is 1. The van der Waals surface area contributed by atoms with E-state index in [0.717, 1.165) is 32.5 Å². The Bertz CT molecular complexity index is 505. The molecule has 5 heteroatoms. The van der Waals surface area contributed by atoms with Gasteiger partial charge in [-0.1, -0.05) is 30.3 Å². The number of aliphatic hydroxyl groups excluding tert-OH is 1. The summed E-state index contributed by atoms with van der Waals surface area (Å²) in [6.07, 6.45) is 0.910. The van der Waals surface area contributed by atoms with E-state index in [-0.39, 0.29) is 12.5 Å². The van der Waals surface area contributed by atoms with Crippen molar-refractivity contribution in [3.8, 4) is 0 Å². The molecule has 2 rings (SSSR count). The highest BCUT2D eigenvalue weighted by Gasteiger charge is 2.26. The first kappa shape index (κ1) is 18.7. The van der Waals surface area contributed by atoms with Crippen LogP contribution in [0.3, 0.4) is 0 Å². The van der Waals surface area contributed by atoms with E-state index in [1.54, 1.807) is 0 Å². The Kier molecular flexibility index (Phi) is 6.63. The molecule has 0 radical (unpaired) electrons.